The molecule has 0 saturated heterocycles. The average Bonchev–Trinajstić information content (AvgIpc) is 2.00. The number of rotatable bonds is 1. The minimum Gasteiger partial charge on any atom is -0.385 e. The summed E-state index contributed by atoms with van der Waals surface area (Å²) in [5, 5.41) is 10.3. The highest BCUT2D eigenvalue weighted by atomic mass is 35.5. The summed E-state index contributed by atoms with van der Waals surface area (Å²) in [6.07, 6.45) is 4.31. The molecule has 0 bridgehead atoms. The van der Waals surface area contributed by atoms with Crippen molar-refractivity contribution in [2.45, 2.75) is 31.8 Å². The molecule has 3 nitrogen and oxygen atoms in total. The van der Waals surface area contributed by atoms with E-state index in [1.807, 2.05) is 6.92 Å². The maximum Gasteiger partial charge on any atom is 0.222 e. The van der Waals surface area contributed by atoms with E-state index in [-0.39, 0.29) is 5.28 Å². The SMILES string of the molecule is Cc1nc(Cl)ncc1C1(O)CCC1. The van der Waals surface area contributed by atoms with Crippen LogP contribution in [0.3, 0.4) is 0 Å². The van der Waals surface area contributed by atoms with Gasteiger partial charge < -0.3 is 5.11 Å². The molecule has 0 atom stereocenters. The lowest BCUT2D eigenvalue weighted by atomic mass is 9.75. The zero-order valence-electron chi connectivity index (χ0n) is 7.42. The zero-order chi connectivity index (χ0) is 9.47. The predicted octanol–water partition coefficient (Wildman–Crippen LogP) is 1.81. The summed E-state index contributed by atoms with van der Waals surface area (Å²) in [7, 11) is 0. The van der Waals surface area contributed by atoms with Gasteiger partial charge in [0.1, 0.15) is 0 Å². The largest absolute Gasteiger partial charge is 0.385 e. The van der Waals surface area contributed by atoms with Gasteiger partial charge in [-0.15, -0.1) is 0 Å². The Labute approximate surface area is 81.8 Å². The first kappa shape index (κ1) is 8.91. The molecule has 1 saturated carbocycles. The first-order valence-corrected chi connectivity index (χ1v) is 4.72. The quantitative estimate of drug-likeness (QED) is 0.701. The molecule has 1 N–H and O–H groups in total. The molecule has 1 aromatic heterocycles. The van der Waals surface area contributed by atoms with Gasteiger partial charge in [-0.05, 0) is 37.8 Å². The molecule has 0 unspecified atom stereocenters. The molecular weight excluding hydrogens is 188 g/mol. The molecule has 1 aromatic rings. The molecule has 1 aliphatic rings. The van der Waals surface area contributed by atoms with Crippen molar-refractivity contribution >= 4 is 11.6 Å². The number of hydrogen-bond acceptors (Lipinski definition) is 3. The highest BCUT2D eigenvalue weighted by Crippen LogP contribution is 2.41. The van der Waals surface area contributed by atoms with Crippen LogP contribution in [0, 0.1) is 6.92 Å². The molecular formula is C9H11ClN2O. The van der Waals surface area contributed by atoms with Crippen LogP contribution in [0.25, 0.3) is 0 Å². The van der Waals surface area contributed by atoms with E-state index in [2.05, 4.69) is 9.97 Å². The summed E-state index contributed by atoms with van der Waals surface area (Å²) in [6.45, 7) is 1.85. The Morgan fingerprint density at radius 3 is 2.69 bits per heavy atom. The third-order valence-corrected chi connectivity index (χ3v) is 2.81. The van der Waals surface area contributed by atoms with Gasteiger partial charge in [0.15, 0.2) is 0 Å². The van der Waals surface area contributed by atoms with Gasteiger partial charge in [0, 0.05) is 17.5 Å². The number of nitrogens with zero attached hydrogens (tertiary/aromatic N) is 2. The first-order chi connectivity index (χ1) is 6.12. The Morgan fingerprint density at radius 1 is 1.54 bits per heavy atom. The molecule has 0 aliphatic heterocycles. The number of aliphatic hydroxyl groups is 1. The van der Waals surface area contributed by atoms with Crippen LogP contribution in [0.5, 0.6) is 0 Å². The van der Waals surface area contributed by atoms with Crippen molar-refractivity contribution in [3.05, 3.63) is 22.7 Å². The van der Waals surface area contributed by atoms with E-state index in [1.165, 1.54) is 0 Å². The van der Waals surface area contributed by atoms with Gasteiger partial charge >= 0.3 is 0 Å². The van der Waals surface area contributed by atoms with Crippen molar-refractivity contribution in [1.82, 2.24) is 9.97 Å². The summed E-state index contributed by atoms with van der Waals surface area (Å²) >= 11 is 5.62. The topological polar surface area (TPSA) is 46.0 Å². The molecule has 13 heavy (non-hydrogen) atoms. The Hall–Kier alpha value is -0.670. The fourth-order valence-corrected chi connectivity index (χ4v) is 1.85. The second-order valence-corrected chi connectivity index (χ2v) is 3.86. The standard InChI is InChI=1S/C9H11ClN2O/c1-6-7(5-11-8(10)12-6)9(13)3-2-4-9/h5,13H,2-4H2,1H3. The summed E-state index contributed by atoms with van der Waals surface area (Å²) < 4.78 is 0. The van der Waals surface area contributed by atoms with E-state index in [0.717, 1.165) is 30.5 Å². The minimum atomic E-state index is -0.686. The number of aromatic nitrogens is 2. The van der Waals surface area contributed by atoms with E-state index >= 15 is 0 Å². The van der Waals surface area contributed by atoms with Gasteiger partial charge in [-0.3, -0.25) is 0 Å². The Morgan fingerprint density at radius 2 is 2.23 bits per heavy atom. The van der Waals surface area contributed by atoms with Crippen LogP contribution in [0.15, 0.2) is 6.20 Å². The molecule has 1 heterocycles. The van der Waals surface area contributed by atoms with Gasteiger partial charge in [0.25, 0.3) is 0 Å². The number of hydrogen-bond donors (Lipinski definition) is 1. The van der Waals surface area contributed by atoms with Crippen molar-refractivity contribution in [3.8, 4) is 0 Å². The van der Waals surface area contributed by atoms with Crippen molar-refractivity contribution in [1.29, 1.82) is 0 Å². The van der Waals surface area contributed by atoms with E-state index in [4.69, 9.17) is 11.6 Å². The van der Waals surface area contributed by atoms with Crippen molar-refractivity contribution in [3.63, 3.8) is 0 Å². The third-order valence-electron chi connectivity index (χ3n) is 2.63. The predicted molar refractivity (Wildman–Crippen MR) is 49.5 cm³/mol. The third kappa shape index (κ3) is 1.42. The molecule has 0 radical (unpaired) electrons. The van der Waals surface area contributed by atoms with E-state index in [9.17, 15) is 5.11 Å². The highest BCUT2D eigenvalue weighted by molar-refractivity contribution is 6.28. The van der Waals surface area contributed by atoms with E-state index in [1.54, 1.807) is 6.20 Å². The maximum absolute atomic E-state index is 10.0. The minimum absolute atomic E-state index is 0.240. The molecule has 0 aromatic carbocycles. The molecule has 1 aliphatic carbocycles. The van der Waals surface area contributed by atoms with Crippen LogP contribution in [-0.2, 0) is 5.60 Å². The van der Waals surface area contributed by atoms with Gasteiger partial charge in [-0.1, -0.05) is 0 Å². The highest BCUT2D eigenvalue weighted by Gasteiger charge is 2.38. The van der Waals surface area contributed by atoms with E-state index in [0.29, 0.717) is 0 Å². The van der Waals surface area contributed by atoms with Crippen molar-refractivity contribution in [2.24, 2.45) is 0 Å². The Kier molecular flexibility index (Phi) is 2.00. The van der Waals surface area contributed by atoms with Crippen LogP contribution in [0.1, 0.15) is 30.5 Å². The molecule has 0 amide bonds. The maximum atomic E-state index is 10.0. The summed E-state index contributed by atoms with van der Waals surface area (Å²) in [6, 6.07) is 0. The lowest BCUT2D eigenvalue weighted by molar-refractivity contribution is -0.0399. The van der Waals surface area contributed by atoms with Crippen molar-refractivity contribution < 1.29 is 5.11 Å². The lowest BCUT2D eigenvalue weighted by Gasteiger charge is -2.37. The lowest BCUT2D eigenvalue weighted by Crippen LogP contribution is -2.34. The summed E-state index contributed by atoms with van der Waals surface area (Å²) in [5.41, 5.74) is 0.916. The Bertz CT molecular complexity index is 336. The molecule has 70 valence electrons. The molecule has 1 fully saturated rings. The van der Waals surface area contributed by atoms with Crippen LogP contribution >= 0.6 is 11.6 Å². The van der Waals surface area contributed by atoms with Gasteiger partial charge in [-0.2, -0.15) is 0 Å². The van der Waals surface area contributed by atoms with Crippen LogP contribution < -0.4 is 0 Å². The second kappa shape index (κ2) is 2.93. The second-order valence-electron chi connectivity index (χ2n) is 3.52. The van der Waals surface area contributed by atoms with Crippen LogP contribution in [0.2, 0.25) is 5.28 Å². The summed E-state index contributed by atoms with van der Waals surface area (Å²) in [5.74, 6) is 0. The normalized spacial score (nSPS) is 19.6. The Balaban J connectivity index is 2.40. The van der Waals surface area contributed by atoms with Gasteiger partial charge in [0.05, 0.1) is 5.60 Å². The zero-order valence-corrected chi connectivity index (χ0v) is 8.17. The van der Waals surface area contributed by atoms with E-state index < -0.39 is 5.60 Å². The van der Waals surface area contributed by atoms with Crippen LogP contribution in [-0.4, -0.2) is 15.1 Å². The molecule has 4 heteroatoms. The number of halogens is 1. The van der Waals surface area contributed by atoms with Gasteiger partial charge in [-0.25, -0.2) is 9.97 Å². The van der Waals surface area contributed by atoms with Crippen LogP contribution in [0.4, 0.5) is 0 Å². The first-order valence-electron chi connectivity index (χ1n) is 4.34. The monoisotopic (exact) mass is 198 g/mol. The molecule has 2 rings (SSSR count). The average molecular weight is 199 g/mol. The summed E-state index contributed by atoms with van der Waals surface area (Å²) in [4.78, 5) is 7.90. The van der Waals surface area contributed by atoms with Crippen molar-refractivity contribution in [2.75, 3.05) is 0 Å². The fourth-order valence-electron chi connectivity index (χ4n) is 1.68. The smallest absolute Gasteiger partial charge is 0.222 e. The van der Waals surface area contributed by atoms with Gasteiger partial charge in [0.2, 0.25) is 5.28 Å². The fraction of sp³-hybridized carbons (Fsp3) is 0.556. The number of aryl methyl sites for hydroxylation is 1. The molecule has 0 spiro atoms.